The number of anilines is 4. The zero-order chi connectivity index (χ0) is 17.7. The molecule has 0 aliphatic rings. The zero-order valence-electron chi connectivity index (χ0n) is 11.5. The first-order valence-corrected chi connectivity index (χ1v) is 5.92. The fourth-order valence-electron chi connectivity index (χ4n) is 1.49. The summed E-state index contributed by atoms with van der Waals surface area (Å²) in [4.78, 5) is 37.5. The quantitative estimate of drug-likeness (QED) is 0.142. The van der Waals surface area contributed by atoms with Crippen LogP contribution in [0.3, 0.4) is 0 Å². The Morgan fingerprint density at radius 3 is 2.00 bits per heavy atom. The highest BCUT2D eigenvalue weighted by Crippen LogP contribution is 2.19. The first-order chi connectivity index (χ1) is 11.5. The number of hydrogen-bond donors (Lipinski definition) is 8. The van der Waals surface area contributed by atoms with Gasteiger partial charge in [0.15, 0.2) is 17.6 Å². The molecule has 0 radical (unpaired) electrons. The molecule has 0 aliphatic heterocycles. The number of nitrogens with zero attached hydrogens (tertiary/aromatic N) is 4. The maximum Gasteiger partial charge on any atom is 0.281 e. The zero-order valence-corrected chi connectivity index (χ0v) is 11.5. The molecule has 0 atom stereocenters. The van der Waals surface area contributed by atoms with Crippen molar-refractivity contribution in [2.45, 2.75) is 0 Å². The van der Waals surface area contributed by atoms with Crippen molar-refractivity contribution in [1.82, 2.24) is 19.9 Å². The molecule has 8 N–H and O–H groups in total. The summed E-state index contributed by atoms with van der Waals surface area (Å²) in [5, 5.41) is 29.7. The smallest absolute Gasteiger partial charge is 0.281 e. The lowest BCUT2D eigenvalue weighted by atomic mass is 10.5. The first kappa shape index (κ1) is 15.9. The van der Waals surface area contributed by atoms with Gasteiger partial charge in [-0.25, -0.2) is 0 Å². The van der Waals surface area contributed by atoms with E-state index in [0.717, 1.165) is 0 Å². The van der Waals surface area contributed by atoms with Crippen molar-refractivity contribution in [3.8, 4) is 18.0 Å². The number of nitriles is 1. The minimum atomic E-state index is -0.872. The number of rotatable bonds is 5. The second-order valence-corrected chi connectivity index (χ2v) is 3.94. The fraction of sp³-hybridized carbons (Fsp3) is 0. The van der Waals surface area contributed by atoms with Crippen LogP contribution >= 0.6 is 0 Å². The monoisotopic (exact) mass is 332 g/mol. The van der Waals surface area contributed by atoms with Crippen molar-refractivity contribution < 1.29 is 10.2 Å². The summed E-state index contributed by atoms with van der Waals surface area (Å²) >= 11 is 0. The third-order valence-corrected chi connectivity index (χ3v) is 2.45. The number of hydrazine groups is 1. The van der Waals surface area contributed by atoms with Crippen molar-refractivity contribution >= 4 is 23.3 Å². The molecule has 0 saturated carbocycles. The molecule has 14 heteroatoms. The van der Waals surface area contributed by atoms with Crippen LogP contribution in [-0.2, 0) is 0 Å². The Bertz CT molecular complexity index is 886. The lowest BCUT2D eigenvalue weighted by molar-refractivity contribution is 0.452. The van der Waals surface area contributed by atoms with Crippen molar-refractivity contribution in [3.63, 3.8) is 0 Å². The van der Waals surface area contributed by atoms with E-state index in [1.165, 1.54) is 6.19 Å². The normalized spacial score (nSPS) is 9.42. The number of aromatic hydroxyl groups is 2. The van der Waals surface area contributed by atoms with Crippen LogP contribution in [0.5, 0.6) is 11.8 Å². The van der Waals surface area contributed by atoms with Gasteiger partial charge in [-0.2, -0.15) is 26.8 Å². The molecule has 24 heavy (non-hydrogen) atoms. The van der Waals surface area contributed by atoms with Crippen molar-refractivity contribution in [1.29, 1.82) is 5.26 Å². The Hall–Kier alpha value is -4.46. The molecule has 0 saturated heterocycles. The summed E-state index contributed by atoms with van der Waals surface area (Å²) in [6.45, 7) is 6.57. The van der Waals surface area contributed by atoms with E-state index in [1.54, 1.807) is 0 Å². The van der Waals surface area contributed by atoms with Gasteiger partial charge in [-0.1, -0.05) is 5.43 Å². The third kappa shape index (κ3) is 3.23. The predicted molar refractivity (Wildman–Crippen MR) is 79.8 cm³/mol. The topological polar surface area (TPSA) is 208 Å². The first-order valence-electron chi connectivity index (χ1n) is 5.92. The van der Waals surface area contributed by atoms with E-state index in [-0.39, 0.29) is 11.9 Å². The molecule has 122 valence electrons. The number of nitrogens with one attached hydrogen (secondary N) is 6. The van der Waals surface area contributed by atoms with Gasteiger partial charge in [0.25, 0.3) is 17.1 Å². The van der Waals surface area contributed by atoms with Gasteiger partial charge in [-0.05, 0) is 0 Å². The molecule has 2 heterocycles. The lowest BCUT2D eigenvalue weighted by Gasteiger charge is -2.10. The van der Waals surface area contributed by atoms with Gasteiger partial charge < -0.3 is 10.2 Å². The summed E-state index contributed by atoms with van der Waals surface area (Å²) in [5.41, 5.74) is 3.66. The molecule has 2 aromatic heterocycles. The second-order valence-electron chi connectivity index (χ2n) is 3.94. The summed E-state index contributed by atoms with van der Waals surface area (Å²) in [7, 11) is 0. The number of hydrogen-bond acceptors (Lipinski definition) is 11. The van der Waals surface area contributed by atoms with E-state index in [0.29, 0.717) is 0 Å². The van der Waals surface area contributed by atoms with E-state index in [4.69, 9.17) is 11.8 Å². The van der Waals surface area contributed by atoms with Gasteiger partial charge in [0.05, 0.1) is 0 Å². The van der Waals surface area contributed by atoms with E-state index in [2.05, 4.69) is 35.7 Å². The van der Waals surface area contributed by atoms with Gasteiger partial charge in [0, 0.05) is 0 Å². The Morgan fingerprint density at radius 2 is 1.54 bits per heavy atom. The molecule has 0 amide bonds. The van der Waals surface area contributed by atoms with Gasteiger partial charge in [-0.15, -0.1) is 0 Å². The summed E-state index contributed by atoms with van der Waals surface area (Å²) in [5.74, 6) is -2.13. The van der Waals surface area contributed by atoms with Gasteiger partial charge in [0.2, 0.25) is 17.7 Å². The van der Waals surface area contributed by atoms with Crippen LogP contribution in [-0.4, -0.2) is 30.1 Å². The standard InChI is InChI=1S/C10H8N10O4/c1-12-20-10-16-7(23)4(8(24)17-10)19-18-3-5(21)14-9(13-2-11)15-6(3)22/h18-19H,(H3,13,14,15,21,22)(H3,16,17,20,23,24). The molecule has 2 aromatic rings. The molecular formula is C10H8N10O4. The molecule has 0 fully saturated rings. The highest BCUT2D eigenvalue weighted by Gasteiger charge is 2.15. The molecule has 0 aliphatic carbocycles. The van der Waals surface area contributed by atoms with Crippen LogP contribution in [0.4, 0.5) is 23.3 Å². The molecule has 0 spiro atoms. The number of H-pyrrole nitrogens is 2. The number of aromatic nitrogens is 4. The van der Waals surface area contributed by atoms with E-state index < -0.39 is 34.3 Å². The van der Waals surface area contributed by atoms with Crippen LogP contribution in [0.15, 0.2) is 9.59 Å². The van der Waals surface area contributed by atoms with Crippen LogP contribution in [0, 0.1) is 18.0 Å². The summed E-state index contributed by atoms with van der Waals surface area (Å²) in [6, 6.07) is 0. The molecule has 14 nitrogen and oxygen atoms in total. The maximum absolute atomic E-state index is 11.8. The molecule has 0 unspecified atom stereocenters. The highest BCUT2D eigenvalue weighted by molar-refractivity contribution is 5.60. The Morgan fingerprint density at radius 1 is 1.04 bits per heavy atom. The number of aromatic amines is 2. The maximum atomic E-state index is 11.8. The van der Waals surface area contributed by atoms with Crippen molar-refractivity contribution in [2.75, 3.05) is 21.6 Å². The largest absolute Gasteiger partial charge is 0.492 e. The minimum absolute atomic E-state index is 0.285. The van der Waals surface area contributed by atoms with E-state index in [1.807, 2.05) is 10.7 Å². The van der Waals surface area contributed by atoms with E-state index in [9.17, 15) is 19.8 Å². The Kier molecular flexibility index (Phi) is 4.34. The average molecular weight is 332 g/mol. The average Bonchev–Trinajstić information content (AvgIpc) is 2.49. The summed E-state index contributed by atoms with van der Waals surface area (Å²) in [6.07, 6.45) is 1.50. The Labute approximate surface area is 131 Å². The second kappa shape index (κ2) is 6.54. The third-order valence-electron chi connectivity index (χ3n) is 2.45. The Balaban J connectivity index is 2.27. The fourth-order valence-corrected chi connectivity index (χ4v) is 1.49. The van der Waals surface area contributed by atoms with Crippen LogP contribution in [0.25, 0.3) is 4.95 Å². The highest BCUT2D eigenvalue weighted by atomic mass is 16.3. The van der Waals surface area contributed by atoms with Crippen LogP contribution < -0.4 is 32.7 Å². The molecule has 0 aromatic carbocycles. The minimum Gasteiger partial charge on any atom is -0.492 e. The lowest BCUT2D eigenvalue weighted by Crippen LogP contribution is -2.24. The SMILES string of the molecule is [C-]#[N+]Nc1nc(O)c(NNc2c(O)nc(NC#N)[nH]c2=O)c(=O)[nH]1. The summed E-state index contributed by atoms with van der Waals surface area (Å²) < 4.78 is 0. The predicted octanol–water partition coefficient (Wildman–Crippen LogP) is -1.16. The molecule has 0 bridgehead atoms. The van der Waals surface area contributed by atoms with Gasteiger partial charge >= 0.3 is 0 Å². The van der Waals surface area contributed by atoms with Crippen LogP contribution in [0.2, 0.25) is 0 Å². The van der Waals surface area contributed by atoms with Crippen molar-refractivity contribution in [3.05, 3.63) is 32.2 Å². The van der Waals surface area contributed by atoms with Crippen LogP contribution in [0.1, 0.15) is 0 Å². The molecular weight excluding hydrogens is 324 g/mol. The van der Waals surface area contributed by atoms with Crippen molar-refractivity contribution in [2.24, 2.45) is 0 Å². The van der Waals surface area contributed by atoms with E-state index >= 15 is 0 Å². The van der Waals surface area contributed by atoms with Gasteiger partial charge in [-0.3, -0.25) is 35.7 Å². The van der Waals surface area contributed by atoms with Gasteiger partial charge in [0.1, 0.15) is 0 Å². The molecule has 2 rings (SSSR count).